The van der Waals surface area contributed by atoms with Crippen LogP contribution in [0.1, 0.15) is 65.3 Å². The summed E-state index contributed by atoms with van der Waals surface area (Å²) < 4.78 is 0. The van der Waals surface area contributed by atoms with E-state index in [0.29, 0.717) is 24.0 Å². The Morgan fingerprint density at radius 1 is 1.31 bits per heavy atom. The van der Waals surface area contributed by atoms with E-state index in [4.69, 9.17) is 0 Å². The van der Waals surface area contributed by atoms with Crippen molar-refractivity contribution < 1.29 is 29.1 Å². The molecule has 154 valence electrons. The van der Waals surface area contributed by atoms with E-state index < -0.39 is 29.9 Å². The van der Waals surface area contributed by atoms with Crippen molar-refractivity contribution in [1.29, 1.82) is 0 Å². The normalized spacial score (nSPS) is 19.6. The number of nitrogens with one attached hydrogen (secondary N) is 2. The molecule has 9 nitrogen and oxygen atoms in total. The molecule has 0 aromatic heterocycles. The fourth-order valence-electron chi connectivity index (χ4n) is 3.62. The molecule has 1 aromatic rings. The fourth-order valence-corrected chi connectivity index (χ4v) is 3.62. The van der Waals surface area contributed by atoms with Gasteiger partial charge in [0.1, 0.15) is 12.1 Å². The Balaban J connectivity index is 1.73. The third-order valence-electron chi connectivity index (χ3n) is 5.24. The molecule has 3 rings (SSSR count). The number of carbonyl (C=O) groups is 5. The van der Waals surface area contributed by atoms with Crippen LogP contribution >= 0.6 is 0 Å². The lowest BCUT2D eigenvalue weighted by Crippen LogP contribution is -2.52. The molecule has 1 saturated heterocycles. The Hall–Kier alpha value is -3.23. The van der Waals surface area contributed by atoms with E-state index in [0.717, 1.165) is 6.42 Å². The number of benzene rings is 1. The number of fused-ring (bicyclic) bond motifs is 1. The summed E-state index contributed by atoms with van der Waals surface area (Å²) in [5.74, 6) is -2.80. The second-order valence-corrected chi connectivity index (χ2v) is 7.28. The zero-order chi connectivity index (χ0) is 21.1. The summed E-state index contributed by atoms with van der Waals surface area (Å²) in [6, 6.07) is 2.83. The van der Waals surface area contributed by atoms with Gasteiger partial charge in [0, 0.05) is 24.1 Å². The molecule has 3 N–H and O–H groups in total. The van der Waals surface area contributed by atoms with Crippen molar-refractivity contribution in [3.63, 3.8) is 0 Å². The lowest BCUT2D eigenvalue weighted by Gasteiger charge is -2.29. The molecule has 0 spiro atoms. The number of amides is 4. The number of imide groups is 1. The van der Waals surface area contributed by atoms with E-state index >= 15 is 0 Å². The number of hydrogen-bond donors (Lipinski definition) is 3. The van der Waals surface area contributed by atoms with E-state index in [1.165, 1.54) is 17.0 Å². The standard InChI is InChI=1S/C20H23N3O6/c1-2-3-4-14(20(28)29)21-17(25)11-5-6-13-12(9-11)10-23(19(13)27)15-7-8-16(24)22-18(15)26/h5-6,9,14-15H,2-4,7-8,10H2,1H3,(H,21,25)(H,28,29)(H,22,24,26)/t14-,15?/m1/s1. The molecule has 0 saturated carbocycles. The van der Waals surface area contributed by atoms with Gasteiger partial charge < -0.3 is 15.3 Å². The Bertz CT molecular complexity index is 881. The van der Waals surface area contributed by atoms with Gasteiger partial charge >= 0.3 is 5.97 Å². The van der Waals surface area contributed by atoms with Crippen molar-refractivity contribution in [3.05, 3.63) is 34.9 Å². The molecule has 0 aliphatic carbocycles. The van der Waals surface area contributed by atoms with Crippen LogP contribution in [0.2, 0.25) is 0 Å². The summed E-state index contributed by atoms with van der Waals surface area (Å²) in [7, 11) is 0. The maximum Gasteiger partial charge on any atom is 0.326 e. The largest absolute Gasteiger partial charge is 0.480 e. The number of unbranched alkanes of at least 4 members (excludes halogenated alkanes) is 1. The van der Waals surface area contributed by atoms with E-state index in [2.05, 4.69) is 10.6 Å². The average molecular weight is 401 g/mol. The van der Waals surface area contributed by atoms with Gasteiger partial charge in [-0.3, -0.25) is 24.5 Å². The summed E-state index contributed by atoms with van der Waals surface area (Å²) in [5, 5.41) is 14.0. The van der Waals surface area contributed by atoms with Gasteiger partial charge in [0.2, 0.25) is 11.8 Å². The number of rotatable bonds is 7. The van der Waals surface area contributed by atoms with Crippen LogP contribution in [0, 0.1) is 0 Å². The Kier molecular flexibility index (Phi) is 5.95. The van der Waals surface area contributed by atoms with Crippen LogP contribution in [-0.4, -0.2) is 51.7 Å². The molecule has 1 unspecified atom stereocenters. The molecule has 4 amide bonds. The number of piperidine rings is 1. The van der Waals surface area contributed by atoms with Crippen LogP contribution in [-0.2, 0) is 20.9 Å². The quantitative estimate of drug-likeness (QED) is 0.580. The van der Waals surface area contributed by atoms with Crippen molar-refractivity contribution in [2.24, 2.45) is 0 Å². The Labute approximate surface area is 167 Å². The number of hydrogen-bond acceptors (Lipinski definition) is 5. The van der Waals surface area contributed by atoms with Gasteiger partial charge in [-0.15, -0.1) is 0 Å². The van der Waals surface area contributed by atoms with Crippen molar-refractivity contribution in [2.75, 3.05) is 0 Å². The highest BCUT2D eigenvalue weighted by Crippen LogP contribution is 2.28. The van der Waals surface area contributed by atoms with E-state index in [1.54, 1.807) is 6.07 Å². The molecular formula is C20H23N3O6. The predicted molar refractivity (Wildman–Crippen MR) is 101 cm³/mol. The predicted octanol–water partition coefficient (Wildman–Crippen LogP) is 0.821. The van der Waals surface area contributed by atoms with Gasteiger partial charge in [0.05, 0.1) is 0 Å². The van der Waals surface area contributed by atoms with Gasteiger partial charge in [-0.2, -0.15) is 0 Å². The molecular weight excluding hydrogens is 378 g/mol. The van der Waals surface area contributed by atoms with E-state index in [1.807, 2.05) is 6.92 Å². The molecule has 29 heavy (non-hydrogen) atoms. The van der Waals surface area contributed by atoms with Gasteiger partial charge in [0.15, 0.2) is 0 Å². The molecule has 2 atom stereocenters. The zero-order valence-corrected chi connectivity index (χ0v) is 16.1. The third-order valence-corrected chi connectivity index (χ3v) is 5.24. The molecule has 2 heterocycles. The number of nitrogens with zero attached hydrogens (tertiary/aromatic N) is 1. The van der Waals surface area contributed by atoms with Crippen molar-refractivity contribution in [3.8, 4) is 0 Å². The van der Waals surface area contributed by atoms with Gasteiger partial charge in [-0.1, -0.05) is 19.8 Å². The highest BCUT2D eigenvalue weighted by atomic mass is 16.4. The summed E-state index contributed by atoms with van der Waals surface area (Å²) in [6.07, 6.45) is 2.26. The smallest absolute Gasteiger partial charge is 0.326 e. The highest BCUT2D eigenvalue weighted by Gasteiger charge is 2.39. The minimum absolute atomic E-state index is 0.153. The highest BCUT2D eigenvalue weighted by molar-refractivity contribution is 6.06. The SMILES string of the molecule is CCCC[C@@H](NC(=O)c1ccc2c(c1)CN(C1CCC(=O)NC1=O)C2=O)C(=O)O. The van der Waals surface area contributed by atoms with Gasteiger partial charge in [-0.05, 0) is 36.6 Å². The molecule has 2 aliphatic heterocycles. The van der Waals surface area contributed by atoms with Crippen LogP contribution in [0.25, 0.3) is 0 Å². The summed E-state index contributed by atoms with van der Waals surface area (Å²) >= 11 is 0. The monoisotopic (exact) mass is 401 g/mol. The lowest BCUT2D eigenvalue weighted by molar-refractivity contribution is -0.139. The van der Waals surface area contributed by atoms with E-state index in [-0.39, 0.29) is 36.8 Å². The molecule has 2 aliphatic rings. The van der Waals surface area contributed by atoms with Crippen molar-refractivity contribution in [2.45, 2.75) is 57.7 Å². The van der Waals surface area contributed by atoms with E-state index in [9.17, 15) is 29.1 Å². The third kappa shape index (κ3) is 4.28. The summed E-state index contributed by atoms with van der Waals surface area (Å²) in [5.41, 5.74) is 1.24. The molecule has 0 bridgehead atoms. The maximum atomic E-state index is 12.7. The van der Waals surface area contributed by atoms with Crippen LogP contribution in [0.3, 0.4) is 0 Å². The fraction of sp³-hybridized carbons (Fsp3) is 0.450. The number of carbonyl (C=O) groups excluding carboxylic acids is 4. The average Bonchev–Trinajstić information content (AvgIpc) is 3.00. The first-order chi connectivity index (χ1) is 13.8. The van der Waals surface area contributed by atoms with Crippen LogP contribution in [0.5, 0.6) is 0 Å². The first kappa shape index (κ1) is 20.5. The summed E-state index contributed by atoms with van der Waals surface area (Å²) in [6.45, 7) is 2.09. The van der Waals surface area contributed by atoms with Crippen LogP contribution in [0.4, 0.5) is 0 Å². The molecule has 9 heteroatoms. The zero-order valence-electron chi connectivity index (χ0n) is 16.1. The molecule has 1 aromatic carbocycles. The molecule has 1 fully saturated rings. The number of aliphatic carboxylic acids is 1. The van der Waals surface area contributed by atoms with Crippen LogP contribution in [0.15, 0.2) is 18.2 Å². The number of carboxylic acid groups (broad SMARTS) is 1. The van der Waals surface area contributed by atoms with Gasteiger partial charge in [-0.25, -0.2) is 4.79 Å². The van der Waals surface area contributed by atoms with Crippen molar-refractivity contribution >= 4 is 29.6 Å². The first-order valence-corrected chi connectivity index (χ1v) is 9.63. The second-order valence-electron chi connectivity index (χ2n) is 7.28. The Morgan fingerprint density at radius 2 is 2.07 bits per heavy atom. The lowest BCUT2D eigenvalue weighted by atomic mass is 10.0. The first-order valence-electron chi connectivity index (χ1n) is 9.63. The topological polar surface area (TPSA) is 133 Å². The van der Waals surface area contributed by atoms with Crippen LogP contribution < -0.4 is 10.6 Å². The minimum atomic E-state index is -1.09. The molecule has 0 radical (unpaired) electrons. The second kappa shape index (κ2) is 8.42. The maximum absolute atomic E-state index is 12.7. The van der Waals surface area contributed by atoms with Crippen molar-refractivity contribution in [1.82, 2.24) is 15.5 Å². The number of carboxylic acids is 1. The summed E-state index contributed by atoms with van der Waals surface area (Å²) in [4.78, 5) is 61.3. The van der Waals surface area contributed by atoms with Gasteiger partial charge in [0.25, 0.3) is 11.8 Å². The minimum Gasteiger partial charge on any atom is -0.480 e. The Morgan fingerprint density at radius 3 is 2.72 bits per heavy atom.